The Morgan fingerprint density at radius 2 is 1.95 bits per heavy atom. The Labute approximate surface area is 114 Å². The molecule has 6 heteroatoms. The zero-order chi connectivity index (χ0) is 14.3. The summed E-state index contributed by atoms with van der Waals surface area (Å²) >= 11 is 0. The molecule has 0 spiro atoms. The summed E-state index contributed by atoms with van der Waals surface area (Å²) in [7, 11) is 0. The van der Waals surface area contributed by atoms with Crippen LogP contribution in [0.1, 0.15) is 39.0 Å². The Balaban J connectivity index is 2.39. The van der Waals surface area contributed by atoms with Gasteiger partial charge in [0.15, 0.2) is 6.29 Å². The SMILES string of the molecule is CCCCCCC1OCC(O)C(C(O)C(O)CO)O1. The van der Waals surface area contributed by atoms with Crippen LogP contribution in [0.25, 0.3) is 0 Å². The second-order valence-corrected chi connectivity index (χ2v) is 5.02. The quantitative estimate of drug-likeness (QED) is 0.458. The third-order valence-corrected chi connectivity index (χ3v) is 3.35. The number of ether oxygens (including phenoxy) is 2. The molecule has 0 radical (unpaired) electrons. The molecule has 1 aliphatic rings. The van der Waals surface area contributed by atoms with Crippen molar-refractivity contribution in [2.24, 2.45) is 0 Å². The van der Waals surface area contributed by atoms with Crippen molar-refractivity contribution >= 4 is 0 Å². The Bertz CT molecular complexity index is 237. The van der Waals surface area contributed by atoms with E-state index in [1.165, 1.54) is 0 Å². The molecule has 0 bridgehead atoms. The fraction of sp³-hybridized carbons (Fsp3) is 1.00. The Morgan fingerprint density at radius 3 is 2.58 bits per heavy atom. The molecule has 4 N–H and O–H groups in total. The van der Waals surface area contributed by atoms with Gasteiger partial charge < -0.3 is 29.9 Å². The second kappa shape index (κ2) is 8.84. The number of aliphatic hydroxyl groups is 4. The minimum atomic E-state index is -1.32. The standard InChI is InChI=1S/C13H26O6/c1-2-3-4-5-6-11-18-8-10(16)13(19-11)12(17)9(15)7-14/h9-17H,2-8H2,1H3. The molecule has 0 aromatic rings. The lowest BCUT2D eigenvalue weighted by Gasteiger charge is -2.37. The number of rotatable bonds is 8. The molecular weight excluding hydrogens is 252 g/mol. The molecule has 114 valence electrons. The minimum Gasteiger partial charge on any atom is -0.394 e. The van der Waals surface area contributed by atoms with E-state index in [-0.39, 0.29) is 6.61 Å². The van der Waals surface area contributed by atoms with Gasteiger partial charge in [0.05, 0.1) is 13.2 Å². The van der Waals surface area contributed by atoms with E-state index in [9.17, 15) is 15.3 Å². The zero-order valence-electron chi connectivity index (χ0n) is 11.4. The van der Waals surface area contributed by atoms with Crippen molar-refractivity contribution in [1.82, 2.24) is 0 Å². The average Bonchev–Trinajstić information content (AvgIpc) is 2.43. The van der Waals surface area contributed by atoms with E-state index in [1.54, 1.807) is 0 Å². The molecule has 1 saturated heterocycles. The smallest absolute Gasteiger partial charge is 0.158 e. The summed E-state index contributed by atoms with van der Waals surface area (Å²) in [5.41, 5.74) is 0. The van der Waals surface area contributed by atoms with Crippen LogP contribution < -0.4 is 0 Å². The van der Waals surface area contributed by atoms with Gasteiger partial charge in [0, 0.05) is 0 Å². The van der Waals surface area contributed by atoms with Gasteiger partial charge in [-0.15, -0.1) is 0 Å². The van der Waals surface area contributed by atoms with Crippen LogP contribution in [0.15, 0.2) is 0 Å². The molecule has 5 unspecified atom stereocenters. The fourth-order valence-electron chi connectivity index (χ4n) is 2.13. The number of aliphatic hydroxyl groups excluding tert-OH is 4. The van der Waals surface area contributed by atoms with Crippen LogP contribution in [-0.2, 0) is 9.47 Å². The van der Waals surface area contributed by atoms with Gasteiger partial charge in [-0.05, 0) is 12.8 Å². The summed E-state index contributed by atoms with van der Waals surface area (Å²) in [6.07, 6.45) is 0.0288. The van der Waals surface area contributed by atoms with Gasteiger partial charge in [0.1, 0.15) is 24.4 Å². The third kappa shape index (κ3) is 5.33. The molecule has 1 heterocycles. The summed E-state index contributed by atoms with van der Waals surface area (Å²) in [5.74, 6) is 0. The topological polar surface area (TPSA) is 99.4 Å². The summed E-state index contributed by atoms with van der Waals surface area (Å²) in [6.45, 7) is 1.63. The van der Waals surface area contributed by atoms with Gasteiger partial charge in [0.2, 0.25) is 0 Å². The maximum Gasteiger partial charge on any atom is 0.158 e. The van der Waals surface area contributed by atoms with Crippen LogP contribution in [0.3, 0.4) is 0 Å². The lowest BCUT2D eigenvalue weighted by molar-refractivity contribution is -0.281. The highest BCUT2D eigenvalue weighted by Crippen LogP contribution is 2.21. The average molecular weight is 278 g/mol. The summed E-state index contributed by atoms with van der Waals surface area (Å²) in [6, 6.07) is 0. The van der Waals surface area contributed by atoms with E-state index in [0.29, 0.717) is 6.42 Å². The zero-order valence-corrected chi connectivity index (χ0v) is 11.4. The van der Waals surface area contributed by atoms with Crippen molar-refractivity contribution in [3.8, 4) is 0 Å². The maximum absolute atomic E-state index is 9.79. The van der Waals surface area contributed by atoms with Crippen LogP contribution in [0.4, 0.5) is 0 Å². The lowest BCUT2D eigenvalue weighted by atomic mass is 10.0. The van der Waals surface area contributed by atoms with E-state index in [2.05, 4.69) is 6.92 Å². The molecular formula is C13H26O6. The number of hydrogen-bond donors (Lipinski definition) is 4. The molecule has 1 aliphatic heterocycles. The molecule has 1 rings (SSSR count). The predicted octanol–water partition coefficient (Wildman–Crippen LogP) is -0.227. The van der Waals surface area contributed by atoms with Crippen molar-refractivity contribution in [2.45, 2.75) is 69.7 Å². The van der Waals surface area contributed by atoms with Crippen LogP contribution in [0, 0.1) is 0 Å². The number of unbranched alkanes of at least 4 members (excludes halogenated alkanes) is 3. The second-order valence-electron chi connectivity index (χ2n) is 5.02. The maximum atomic E-state index is 9.79. The molecule has 1 fully saturated rings. The minimum absolute atomic E-state index is 0.0678. The first-order valence-corrected chi connectivity index (χ1v) is 7.02. The molecule has 0 aromatic carbocycles. The van der Waals surface area contributed by atoms with Gasteiger partial charge in [-0.1, -0.05) is 26.2 Å². The highest BCUT2D eigenvalue weighted by atomic mass is 16.7. The Kier molecular flexibility index (Phi) is 7.82. The van der Waals surface area contributed by atoms with Crippen molar-refractivity contribution in [2.75, 3.05) is 13.2 Å². The molecule has 6 nitrogen and oxygen atoms in total. The first kappa shape index (κ1) is 16.8. The highest BCUT2D eigenvalue weighted by Gasteiger charge is 2.38. The molecule has 0 amide bonds. The van der Waals surface area contributed by atoms with Gasteiger partial charge in [-0.25, -0.2) is 0 Å². The van der Waals surface area contributed by atoms with E-state index >= 15 is 0 Å². The van der Waals surface area contributed by atoms with Crippen LogP contribution in [0.2, 0.25) is 0 Å². The van der Waals surface area contributed by atoms with Crippen LogP contribution >= 0.6 is 0 Å². The Morgan fingerprint density at radius 1 is 1.21 bits per heavy atom. The van der Waals surface area contributed by atoms with Crippen molar-refractivity contribution in [3.63, 3.8) is 0 Å². The lowest BCUT2D eigenvalue weighted by Crippen LogP contribution is -2.54. The monoisotopic (exact) mass is 278 g/mol. The molecule has 5 atom stereocenters. The van der Waals surface area contributed by atoms with Gasteiger partial charge in [-0.3, -0.25) is 0 Å². The molecule has 0 saturated carbocycles. The van der Waals surface area contributed by atoms with Gasteiger partial charge in [0.25, 0.3) is 0 Å². The van der Waals surface area contributed by atoms with Gasteiger partial charge in [-0.2, -0.15) is 0 Å². The van der Waals surface area contributed by atoms with Crippen molar-refractivity contribution in [1.29, 1.82) is 0 Å². The van der Waals surface area contributed by atoms with E-state index in [1.807, 2.05) is 0 Å². The fourth-order valence-corrected chi connectivity index (χ4v) is 2.13. The Hall–Kier alpha value is -0.240. The molecule has 0 aromatic heterocycles. The van der Waals surface area contributed by atoms with Crippen LogP contribution in [-0.4, -0.2) is 64.3 Å². The molecule has 0 aliphatic carbocycles. The summed E-state index contributed by atoms with van der Waals surface area (Å²) in [4.78, 5) is 0. The summed E-state index contributed by atoms with van der Waals surface area (Å²) in [5, 5.41) is 37.7. The first-order chi connectivity index (χ1) is 9.10. The first-order valence-electron chi connectivity index (χ1n) is 7.02. The largest absolute Gasteiger partial charge is 0.394 e. The third-order valence-electron chi connectivity index (χ3n) is 3.35. The van der Waals surface area contributed by atoms with Crippen molar-refractivity contribution < 1.29 is 29.9 Å². The summed E-state index contributed by atoms with van der Waals surface area (Å²) < 4.78 is 10.8. The van der Waals surface area contributed by atoms with Gasteiger partial charge >= 0.3 is 0 Å². The highest BCUT2D eigenvalue weighted by molar-refractivity contribution is 4.84. The van der Waals surface area contributed by atoms with E-state index < -0.39 is 37.3 Å². The normalized spacial score (nSPS) is 31.1. The van der Waals surface area contributed by atoms with Crippen molar-refractivity contribution in [3.05, 3.63) is 0 Å². The van der Waals surface area contributed by atoms with E-state index in [0.717, 1.165) is 25.7 Å². The predicted molar refractivity (Wildman–Crippen MR) is 68.5 cm³/mol. The van der Waals surface area contributed by atoms with Crippen LogP contribution in [0.5, 0.6) is 0 Å². The molecule has 19 heavy (non-hydrogen) atoms. The van der Waals surface area contributed by atoms with E-state index in [4.69, 9.17) is 14.6 Å². The number of hydrogen-bond acceptors (Lipinski definition) is 6.